The Morgan fingerprint density at radius 3 is 3.05 bits per heavy atom. The van der Waals surface area contributed by atoms with Gasteiger partial charge in [-0.2, -0.15) is 5.10 Å². The highest BCUT2D eigenvalue weighted by molar-refractivity contribution is 7.80. The molecule has 21 heavy (non-hydrogen) atoms. The lowest BCUT2D eigenvalue weighted by Gasteiger charge is -2.11. The number of halogens is 2. The molecule has 5 nitrogen and oxygen atoms in total. The van der Waals surface area contributed by atoms with Gasteiger partial charge in [-0.25, -0.2) is 0 Å². The summed E-state index contributed by atoms with van der Waals surface area (Å²) in [6, 6.07) is 3.01. The van der Waals surface area contributed by atoms with Crippen molar-refractivity contribution >= 4 is 46.7 Å². The number of nitrogens with zero attached hydrogens (tertiary/aromatic N) is 1. The largest absolute Gasteiger partial charge is 0.506 e. The van der Waals surface area contributed by atoms with Crippen molar-refractivity contribution in [2.24, 2.45) is 5.10 Å². The van der Waals surface area contributed by atoms with Gasteiger partial charge in [0.25, 0.3) is 0 Å². The topological polar surface area (TPSA) is 65.9 Å². The van der Waals surface area contributed by atoms with Gasteiger partial charge >= 0.3 is 0 Å². The number of benzene rings is 1. The molecule has 8 heteroatoms. The molecule has 0 radical (unpaired) electrons. The summed E-state index contributed by atoms with van der Waals surface area (Å²) in [4.78, 5) is 0. The predicted molar refractivity (Wildman–Crippen MR) is 88.4 cm³/mol. The van der Waals surface area contributed by atoms with Crippen LogP contribution in [0, 0.1) is 0 Å². The second kappa shape index (κ2) is 7.79. The molecule has 1 aliphatic rings. The molecule has 0 bridgehead atoms. The van der Waals surface area contributed by atoms with Crippen molar-refractivity contribution in [3.05, 3.63) is 27.7 Å². The summed E-state index contributed by atoms with van der Waals surface area (Å²) in [5.41, 5.74) is 3.06. The van der Waals surface area contributed by atoms with Crippen molar-refractivity contribution in [2.45, 2.75) is 18.9 Å². The molecule has 1 aromatic rings. The van der Waals surface area contributed by atoms with Crippen molar-refractivity contribution in [1.29, 1.82) is 0 Å². The van der Waals surface area contributed by atoms with Crippen LogP contribution in [0.5, 0.6) is 5.75 Å². The average molecular weight is 348 g/mol. The summed E-state index contributed by atoms with van der Waals surface area (Å²) < 4.78 is 5.47. The second-order valence-corrected chi connectivity index (χ2v) is 5.79. The molecular weight excluding hydrogens is 333 g/mol. The van der Waals surface area contributed by atoms with Crippen LogP contribution in [0.25, 0.3) is 0 Å². The smallest absolute Gasteiger partial charge is 0.187 e. The van der Waals surface area contributed by atoms with E-state index in [4.69, 9.17) is 40.2 Å². The van der Waals surface area contributed by atoms with E-state index in [1.807, 2.05) is 0 Å². The number of ether oxygens (including phenoxy) is 1. The zero-order valence-corrected chi connectivity index (χ0v) is 13.4. The van der Waals surface area contributed by atoms with Gasteiger partial charge in [-0.3, -0.25) is 5.43 Å². The number of rotatable bonds is 4. The Bertz CT molecular complexity index is 548. The molecule has 1 atom stereocenters. The van der Waals surface area contributed by atoms with Crippen molar-refractivity contribution in [1.82, 2.24) is 10.7 Å². The van der Waals surface area contributed by atoms with Gasteiger partial charge in [0, 0.05) is 23.7 Å². The van der Waals surface area contributed by atoms with Crippen LogP contribution in [0.15, 0.2) is 17.2 Å². The zero-order chi connectivity index (χ0) is 15.2. The highest BCUT2D eigenvalue weighted by atomic mass is 35.5. The molecule has 1 aromatic carbocycles. The monoisotopic (exact) mass is 347 g/mol. The molecule has 1 saturated heterocycles. The summed E-state index contributed by atoms with van der Waals surface area (Å²) in [5.74, 6) is -0.0788. The molecule has 0 aliphatic carbocycles. The van der Waals surface area contributed by atoms with Gasteiger partial charge in [0.2, 0.25) is 0 Å². The number of hydrazone groups is 1. The Kier molecular flexibility index (Phi) is 6.05. The first-order chi connectivity index (χ1) is 10.1. The van der Waals surface area contributed by atoms with E-state index in [1.165, 1.54) is 12.3 Å². The van der Waals surface area contributed by atoms with Crippen LogP contribution in [0.4, 0.5) is 0 Å². The third kappa shape index (κ3) is 5.00. The minimum atomic E-state index is -0.0788. The summed E-state index contributed by atoms with van der Waals surface area (Å²) >= 11 is 16.8. The Balaban J connectivity index is 1.82. The summed E-state index contributed by atoms with van der Waals surface area (Å²) in [5, 5.41) is 17.7. The maximum atomic E-state index is 9.76. The number of hydrogen-bond donors (Lipinski definition) is 3. The Labute approximate surface area is 138 Å². The van der Waals surface area contributed by atoms with Gasteiger partial charge in [-0.1, -0.05) is 23.2 Å². The summed E-state index contributed by atoms with van der Waals surface area (Å²) in [6.07, 6.45) is 3.71. The fourth-order valence-corrected chi connectivity index (χ4v) is 2.54. The molecule has 3 N–H and O–H groups in total. The van der Waals surface area contributed by atoms with Gasteiger partial charge in [-0.05, 0) is 37.2 Å². The van der Waals surface area contributed by atoms with E-state index < -0.39 is 0 Å². The van der Waals surface area contributed by atoms with E-state index >= 15 is 0 Å². The fraction of sp³-hybridized carbons (Fsp3) is 0.385. The molecule has 0 aromatic heterocycles. The molecule has 0 amide bonds. The predicted octanol–water partition coefficient (Wildman–Crippen LogP) is 2.68. The SMILES string of the molecule is Oc1c(Cl)cc(Cl)cc1/C=N\NC(=S)NC[C@H]1CCCO1. The molecule has 0 unspecified atom stereocenters. The minimum absolute atomic E-state index is 0.0788. The van der Waals surface area contributed by atoms with Gasteiger partial charge in [0.15, 0.2) is 5.11 Å². The number of aromatic hydroxyl groups is 1. The number of hydrogen-bond acceptors (Lipinski definition) is 4. The third-order valence-electron chi connectivity index (χ3n) is 2.94. The fourth-order valence-electron chi connectivity index (χ4n) is 1.90. The van der Waals surface area contributed by atoms with Crippen molar-refractivity contribution < 1.29 is 9.84 Å². The summed E-state index contributed by atoms with van der Waals surface area (Å²) in [6.45, 7) is 1.45. The quantitative estimate of drug-likeness (QED) is 0.444. The van der Waals surface area contributed by atoms with Crippen molar-refractivity contribution in [3.63, 3.8) is 0 Å². The molecule has 0 spiro atoms. The van der Waals surface area contributed by atoms with E-state index in [-0.39, 0.29) is 16.9 Å². The Hall–Kier alpha value is -1.08. The lowest BCUT2D eigenvalue weighted by atomic mass is 10.2. The maximum absolute atomic E-state index is 9.76. The van der Waals surface area contributed by atoms with Crippen LogP contribution in [0.2, 0.25) is 10.0 Å². The van der Waals surface area contributed by atoms with E-state index in [2.05, 4.69) is 15.8 Å². The molecule has 1 aliphatic heterocycles. The molecular formula is C13H15Cl2N3O2S. The zero-order valence-electron chi connectivity index (χ0n) is 11.1. The van der Waals surface area contributed by atoms with Gasteiger partial charge < -0.3 is 15.2 Å². The standard InChI is InChI=1S/C13H15Cl2N3O2S/c14-9-4-8(12(19)11(15)5-9)6-17-18-13(21)16-7-10-2-1-3-20-10/h4-6,10,19H,1-3,7H2,(H2,16,18,21)/b17-6-/t10-/m1/s1. The molecule has 1 heterocycles. The van der Waals surface area contributed by atoms with E-state index in [1.54, 1.807) is 6.07 Å². The number of nitrogens with one attached hydrogen (secondary N) is 2. The van der Waals surface area contributed by atoms with Gasteiger partial charge in [0.1, 0.15) is 5.75 Å². The first kappa shape index (κ1) is 16.3. The van der Waals surface area contributed by atoms with E-state index in [0.29, 0.717) is 22.2 Å². The first-order valence-electron chi connectivity index (χ1n) is 6.43. The van der Waals surface area contributed by atoms with Crippen LogP contribution >= 0.6 is 35.4 Å². The minimum Gasteiger partial charge on any atom is -0.506 e. The van der Waals surface area contributed by atoms with Crippen LogP contribution in [-0.2, 0) is 4.74 Å². The van der Waals surface area contributed by atoms with E-state index in [9.17, 15) is 5.11 Å². The molecule has 114 valence electrons. The van der Waals surface area contributed by atoms with Crippen molar-refractivity contribution in [2.75, 3.05) is 13.2 Å². The third-order valence-corrected chi connectivity index (χ3v) is 3.68. The number of phenolic OH excluding ortho intramolecular Hbond substituents is 1. The highest BCUT2D eigenvalue weighted by Crippen LogP contribution is 2.29. The highest BCUT2D eigenvalue weighted by Gasteiger charge is 2.15. The second-order valence-electron chi connectivity index (χ2n) is 4.54. The van der Waals surface area contributed by atoms with E-state index in [0.717, 1.165) is 19.4 Å². The van der Waals surface area contributed by atoms with Gasteiger partial charge in [-0.15, -0.1) is 0 Å². The van der Waals surface area contributed by atoms with Crippen LogP contribution in [-0.4, -0.2) is 35.7 Å². The Morgan fingerprint density at radius 2 is 2.33 bits per heavy atom. The molecule has 1 fully saturated rings. The molecule has 0 saturated carbocycles. The number of thiocarbonyl (C=S) groups is 1. The first-order valence-corrected chi connectivity index (χ1v) is 7.59. The lowest BCUT2D eigenvalue weighted by molar-refractivity contribution is 0.114. The normalized spacial score (nSPS) is 18.1. The average Bonchev–Trinajstić information content (AvgIpc) is 2.95. The van der Waals surface area contributed by atoms with Crippen LogP contribution < -0.4 is 10.7 Å². The molecule has 2 rings (SSSR count). The summed E-state index contributed by atoms with van der Waals surface area (Å²) in [7, 11) is 0. The van der Waals surface area contributed by atoms with Gasteiger partial charge in [0.05, 0.1) is 17.3 Å². The van der Waals surface area contributed by atoms with Crippen LogP contribution in [0.1, 0.15) is 18.4 Å². The number of phenols is 1. The Morgan fingerprint density at radius 1 is 1.52 bits per heavy atom. The van der Waals surface area contributed by atoms with Crippen molar-refractivity contribution in [3.8, 4) is 5.75 Å². The maximum Gasteiger partial charge on any atom is 0.187 e. The lowest BCUT2D eigenvalue weighted by Crippen LogP contribution is -2.37. The van der Waals surface area contributed by atoms with Crippen LogP contribution in [0.3, 0.4) is 0 Å².